The third-order valence-corrected chi connectivity index (χ3v) is 5.53. The van der Waals surface area contributed by atoms with Crippen LogP contribution in [0, 0.1) is 0 Å². The highest BCUT2D eigenvalue weighted by atomic mass is 79.9. The van der Waals surface area contributed by atoms with Gasteiger partial charge >= 0.3 is 0 Å². The quantitative estimate of drug-likeness (QED) is 0.887. The summed E-state index contributed by atoms with van der Waals surface area (Å²) < 4.78 is 5.87. The van der Waals surface area contributed by atoms with Crippen LogP contribution in [0.3, 0.4) is 0 Å². The van der Waals surface area contributed by atoms with E-state index in [1.807, 2.05) is 0 Å². The minimum Gasteiger partial charge on any atom is -0.444 e. The molecule has 5 heteroatoms. The summed E-state index contributed by atoms with van der Waals surface area (Å²) >= 11 is 5.00. The number of carbonyl (C=O) groups is 1. The molecule has 3 nitrogen and oxygen atoms in total. The molecule has 0 radical (unpaired) electrons. The molecule has 1 aliphatic rings. The Balaban J connectivity index is 1.71. The van der Waals surface area contributed by atoms with Crippen molar-refractivity contribution in [3.05, 3.63) is 45.0 Å². The van der Waals surface area contributed by atoms with Gasteiger partial charge < -0.3 is 9.73 Å². The van der Waals surface area contributed by atoms with Gasteiger partial charge in [0.1, 0.15) is 0 Å². The van der Waals surface area contributed by atoms with Gasteiger partial charge in [-0.1, -0.05) is 18.9 Å². The normalized spacial score (nSPS) is 17.2. The van der Waals surface area contributed by atoms with Gasteiger partial charge in [-0.15, -0.1) is 11.3 Å². The zero-order valence-corrected chi connectivity index (χ0v) is 13.4. The van der Waals surface area contributed by atoms with Crippen molar-refractivity contribution in [3.8, 4) is 0 Å². The molecule has 1 N–H and O–H groups in total. The van der Waals surface area contributed by atoms with E-state index in [2.05, 4.69) is 38.8 Å². The Morgan fingerprint density at radius 2 is 2.15 bits per heavy atom. The third kappa shape index (κ3) is 2.69. The average molecular weight is 354 g/mol. The lowest BCUT2D eigenvalue weighted by Crippen LogP contribution is -2.38. The summed E-state index contributed by atoms with van der Waals surface area (Å²) in [6, 6.07) is 7.70. The number of furan rings is 1. The molecule has 0 spiro atoms. The number of nitrogens with one attached hydrogen (secondary N) is 1. The van der Waals surface area contributed by atoms with E-state index in [1.54, 1.807) is 23.5 Å². The van der Waals surface area contributed by atoms with Crippen LogP contribution in [0.25, 0.3) is 0 Å². The molecular formula is C15H16BrNO2S. The van der Waals surface area contributed by atoms with Crippen LogP contribution in [0.1, 0.15) is 41.1 Å². The molecule has 0 aliphatic heterocycles. The Morgan fingerprint density at radius 3 is 2.75 bits per heavy atom. The first-order chi connectivity index (χ1) is 9.70. The van der Waals surface area contributed by atoms with Crippen molar-refractivity contribution in [2.75, 3.05) is 6.54 Å². The smallest absolute Gasteiger partial charge is 0.287 e. The lowest BCUT2D eigenvalue weighted by Gasteiger charge is -2.28. The molecular weight excluding hydrogens is 338 g/mol. The van der Waals surface area contributed by atoms with Crippen LogP contribution in [0.4, 0.5) is 0 Å². The summed E-state index contributed by atoms with van der Waals surface area (Å²) in [5.41, 5.74) is 0.119. The van der Waals surface area contributed by atoms with Gasteiger partial charge in [-0.3, -0.25) is 4.79 Å². The van der Waals surface area contributed by atoms with E-state index >= 15 is 0 Å². The van der Waals surface area contributed by atoms with E-state index in [0.29, 0.717) is 17.0 Å². The Labute approximate surface area is 130 Å². The molecule has 2 heterocycles. The number of thiophene rings is 1. The van der Waals surface area contributed by atoms with Crippen molar-refractivity contribution in [1.29, 1.82) is 0 Å². The molecule has 106 valence electrons. The highest BCUT2D eigenvalue weighted by Gasteiger charge is 2.36. The van der Waals surface area contributed by atoms with Gasteiger partial charge in [0, 0.05) is 16.8 Å². The van der Waals surface area contributed by atoms with Crippen LogP contribution in [-0.4, -0.2) is 12.5 Å². The Kier molecular flexibility index (Phi) is 3.98. The highest BCUT2D eigenvalue weighted by molar-refractivity contribution is 9.10. The Bertz CT molecular complexity index is 585. The number of rotatable bonds is 4. The van der Waals surface area contributed by atoms with Crippen molar-refractivity contribution in [2.45, 2.75) is 31.1 Å². The monoisotopic (exact) mass is 353 g/mol. The standard InChI is InChI=1S/C15H16BrNO2S/c16-13-6-5-11(19-13)14(18)17-10-15(7-1-2-8-15)12-4-3-9-20-12/h3-6,9H,1-2,7-8,10H2,(H,17,18). The minimum atomic E-state index is -0.140. The van der Waals surface area contributed by atoms with Crippen molar-refractivity contribution in [1.82, 2.24) is 5.32 Å². The second-order valence-electron chi connectivity index (χ2n) is 5.25. The number of carbonyl (C=O) groups excluding carboxylic acids is 1. The molecule has 2 aromatic heterocycles. The van der Waals surface area contributed by atoms with E-state index < -0.39 is 0 Å². The summed E-state index contributed by atoms with van der Waals surface area (Å²) in [4.78, 5) is 13.5. The van der Waals surface area contributed by atoms with Crippen LogP contribution >= 0.6 is 27.3 Å². The molecule has 2 aromatic rings. The van der Waals surface area contributed by atoms with Crippen LogP contribution < -0.4 is 5.32 Å². The van der Waals surface area contributed by atoms with E-state index in [1.165, 1.54) is 17.7 Å². The van der Waals surface area contributed by atoms with Gasteiger partial charge in [-0.25, -0.2) is 0 Å². The van der Waals surface area contributed by atoms with E-state index in [9.17, 15) is 4.79 Å². The van der Waals surface area contributed by atoms with Crippen LogP contribution in [-0.2, 0) is 5.41 Å². The average Bonchev–Trinajstić information content (AvgIpc) is 3.17. The predicted molar refractivity (Wildman–Crippen MR) is 83.2 cm³/mol. The highest BCUT2D eigenvalue weighted by Crippen LogP contribution is 2.42. The van der Waals surface area contributed by atoms with Gasteiger partial charge in [0.25, 0.3) is 5.91 Å². The van der Waals surface area contributed by atoms with E-state index in [0.717, 1.165) is 12.8 Å². The summed E-state index contributed by atoms with van der Waals surface area (Å²) in [6.07, 6.45) is 4.77. The minimum absolute atomic E-state index is 0.119. The molecule has 3 rings (SSSR count). The van der Waals surface area contributed by atoms with Crippen molar-refractivity contribution in [2.24, 2.45) is 0 Å². The zero-order valence-electron chi connectivity index (χ0n) is 11.0. The first-order valence-corrected chi connectivity index (χ1v) is 8.44. The predicted octanol–water partition coefficient (Wildman–Crippen LogP) is 4.35. The molecule has 20 heavy (non-hydrogen) atoms. The van der Waals surface area contributed by atoms with Crippen LogP contribution in [0.15, 0.2) is 38.7 Å². The SMILES string of the molecule is O=C(NCC1(c2cccs2)CCCC1)c1ccc(Br)o1. The largest absolute Gasteiger partial charge is 0.444 e. The number of hydrogen-bond donors (Lipinski definition) is 1. The second kappa shape index (κ2) is 5.74. The fourth-order valence-electron chi connectivity index (χ4n) is 2.92. The summed E-state index contributed by atoms with van der Waals surface area (Å²) in [7, 11) is 0. The molecule has 0 unspecified atom stereocenters. The topological polar surface area (TPSA) is 42.2 Å². The zero-order chi connectivity index (χ0) is 14.0. The molecule has 1 amide bonds. The lowest BCUT2D eigenvalue weighted by molar-refractivity contribution is 0.0914. The van der Waals surface area contributed by atoms with Gasteiger partial charge in [0.05, 0.1) is 0 Å². The molecule has 0 bridgehead atoms. The maximum Gasteiger partial charge on any atom is 0.287 e. The number of halogens is 1. The maximum absolute atomic E-state index is 12.1. The number of hydrogen-bond acceptors (Lipinski definition) is 3. The van der Waals surface area contributed by atoms with Crippen molar-refractivity contribution >= 4 is 33.2 Å². The first-order valence-electron chi connectivity index (χ1n) is 6.77. The molecule has 0 atom stereocenters. The van der Waals surface area contributed by atoms with Crippen LogP contribution in [0.5, 0.6) is 0 Å². The van der Waals surface area contributed by atoms with E-state index in [4.69, 9.17) is 4.42 Å². The molecule has 0 saturated heterocycles. The Hall–Kier alpha value is -1.07. The summed E-state index contributed by atoms with van der Waals surface area (Å²) in [6.45, 7) is 0.685. The van der Waals surface area contributed by atoms with Gasteiger partial charge in [-0.2, -0.15) is 0 Å². The van der Waals surface area contributed by atoms with Gasteiger partial charge in [0.15, 0.2) is 10.4 Å². The molecule has 1 saturated carbocycles. The fourth-order valence-corrected chi connectivity index (χ4v) is 4.21. The molecule has 0 aromatic carbocycles. The third-order valence-electron chi connectivity index (χ3n) is 3.99. The molecule has 1 fully saturated rings. The number of amides is 1. The summed E-state index contributed by atoms with van der Waals surface area (Å²) in [5, 5.41) is 5.15. The first kappa shape index (κ1) is 13.9. The fraction of sp³-hybridized carbons (Fsp3) is 0.400. The maximum atomic E-state index is 12.1. The lowest BCUT2D eigenvalue weighted by atomic mass is 9.84. The van der Waals surface area contributed by atoms with Crippen molar-refractivity contribution < 1.29 is 9.21 Å². The second-order valence-corrected chi connectivity index (χ2v) is 6.98. The van der Waals surface area contributed by atoms with E-state index in [-0.39, 0.29) is 11.3 Å². The molecule has 1 aliphatic carbocycles. The van der Waals surface area contributed by atoms with Crippen LogP contribution in [0.2, 0.25) is 0 Å². The summed E-state index contributed by atoms with van der Waals surface area (Å²) in [5.74, 6) is 0.217. The van der Waals surface area contributed by atoms with Crippen molar-refractivity contribution in [3.63, 3.8) is 0 Å². The van der Waals surface area contributed by atoms with Gasteiger partial charge in [-0.05, 0) is 52.4 Å². The van der Waals surface area contributed by atoms with Gasteiger partial charge in [0.2, 0.25) is 0 Å². The Morgan fingerprint density at radius 1 is 1.35 bits per heavy atom.